The van der Waals surface area contributed by atoms with Crippen molar-refractivity contribution in [2.45, 2.75) is 38.8 Å². The molecule has 2 aliphatic rings. The van der Waals surface area contributed by atoms with Crippen LogP contribution < -0.4 is 5.32 Å². The number of nitrogens with zero attached hydrogens (tertiary/aromatic N) is 1. The summed E-state index contributed by atoms with van der Waals surface area (Å²) in [5.41, 5.74) is 0. The summed E-state index contributed by atoms with van der Waals surface area (Å²) in [6.07, 6.45) is 1.28. The van der Waals surface area contributed by atoms with Gasteiger partial charge in [0.1, 0.15) is 5.92 Å². The van der Waals surface area contributed by atoms with Gasteiger partial charge in [0.25, 0.3) is 0 Å². The van der Waals surface area contributed by atoms with Crippen LogP contribution in [-0.2, 0) is 14.3 Å². The van der Waals surface area contributed by atoms with Crippen LogP contribution in [0.5, 0.6) is 0 Å². The number of hydrogen-bond donors (Lipinski definition) is 1. The van der Waals surface area contributed by atoms with E-state index in [1.165, 1.54) is 11.8 Å². The number of nitrogens with one attached hydrogen (secondary N) is 1. The van der Waals surface area contributed by atoms with E-state index in [1.54, 1.807) is 0 Å². The summed E-state index contributed by atoms with van der Waals surface area (Å²) in [4.78, 5) is 36.1. The third-order valence-corrected chi connectivity index (χ3v) is 3.27. The fraction of sp³-hybridized carbons (Fsp3) is 0.727. The number of hydrogen-bond acceptors (Lipinski definition) is 4. The third kappa shape index (κ3) is 2.17. The van der Waals surface area contributed by atoms with Gasteiger partial charge in [-0.05, 0) is 26.7 Å². The fourth-order valence-corrected chi connectivity index (χ4v) is 2.25. The smallest absolute Gasteiger partial charge is 0.331 e. The molecule has 0 aromatic rings. The Hall–Kier alpha value is -1.43. The molecule has 6 nitrogen and oxygen atoms in total. The van der Waals surface area contributed by atoms with E-state index < -0.39 is 23.8 Å². The van der Waals surface area contributed by atoms with Gasteiger partial charge < -0.3 is 4.74 Å². The van der Waals surface area contributed by atoms with E-state index in [2.05, 4.69) is 5.32 Å². The summed E-state index contributed by atoms with van der Waals surface area (Å²) in [6, 6.07) is -0.765. The Bertz CT molecular complexity index is 368. The summed E-state index contributed by atoms with van der Waals surface area (Å²) in [6.45, 7) is 3.96. The molecule has 94 valence electrons. The zero-order chi connectivity index (χ0) is 12.6. The minimum atomic E-state index is -0.786. The fourth-order valence-electron chi connectivity index (χ4n) is 2.25. The number of amides is 4. The minimum Gasteiger partial charge on any atom is -0.378 e. The maximum Gasteiger partial charge on any atom is 0.331 e. The highest BCUT2D eigenvalue weighted by molar-refractivity contribution is 6.16. The summed E-state index contributed by atoms with van der Waals surface area (Å²) in [7, 11) is 0. The first-order chi connectivity index (χ1) is 8.00. The van der Waals surface area contributed by atoms with Crippen LogP contribution in [0.2, 0.25) is 0 Å². The van der Waals surface area contributed by atoms with Gasteiger partial charge in [0.2, 0.25) is 11.8 Å². The standard InChI is InChI=1S/C11H16N2O4/c1-6-5-8(3-4-17-6)13-10(15)7(2)9(14)12-11(13)16/h6-8H,3-5H2,1-2H3,(H,12,14,16). The van der Waals surface area contributed by atoms with Crippen LogP contribution in [0.15, 0.2) is 0 Å². The maximum atomic E-state index is 12.0. The molecule has 1 N–H and O–H groups in total. The molecule has 0 saturated carbocycles. The van der Waals surface area contributed by atoms with E-state index >= 15 is 0 Å². The molecule has 4 amide bonds. The van der Waals surface area contributed by atoms with Crippen molar-refractivity contribution in [1.29, 1.82) is 0 Å². The predicted molar refractivity (Wildman–Crippen MR) is 58.0 cm³/mol. The second-order valence-electron chi connectivity index (χ2n) is 4.58. The van der Waals surface area contributed by atoms with E-state index in [0.717, 1.165) is 0 Å². The lowest BCUT2D eigenvalue weighted by Crippen LogP contribution is -2.61. The highest BCUT2D eigenvalue weighted by atomic mass is 16.5. The average molecular weight is 240 g/mol. The Balaban J connectivity index is 2.16. The second-order valence-corrected chi connectivity index (χ2v) is 4.58. The van der Waals surface area contributed by atoms with E-state index in [-0.39, 0.29) is 12.1 Å². The average Bonchev–Trinajstić information content (AvgIpc) is 2.26. The maximum absolute atomic E-state index is 12.0. The van der Waals surface area contributed by atoms with Crippen molar-refractivity contribution in [2.24, 2.45) is 5.92 Å². The highest BCUT2D eigenvalue weighted by Gasteiger charge is 2.42. The lowest BCUT2D eigenvalue weighted by atomic mass is 9.99. The number of imide groups is 2. The highest BCUT2D eigenvalue weighted by Crippen LogP contribution is 2.23. The van der Waals surface area contributed by atoms with Gasteiger partial charge in [-0.2, -0.15) is 0 Å². The van der Waals surface area contributed by atoms with Crippen LogP contribution in [0.4, 0.5) is 4.79 Å². The summed E-state index contributed by atoms with van der Waals surface area (Å²) < 4.78 is 5.38. The molecule has 6 heteroatoms. The Morgan fingerprint density at radius 2 is 2.00 bits per heavy atom. The monoisotopic (exact) mass is 240 g/mol. The largest absolute Gasteiger partial charge is 0.378 e. The molecule has 0 aromatic carbocycles. The van der Waals surface area contributed by atoms with Gasteiger partial charge in [-0.15, -0.1) is 0 Å². The molecular formula is C11H16N2O4. The normalized spacial score (nSPS) is 34.8. The van der Waals surface area contributed by atoms with Crippen molar-refractivity contribution in [1.82, 2.24) is 10.2 Å². The topological polar surface area (TPSA) is 75.7 Å². The summed E-state index contributed by atoms with van der Waals surface area (Å²) >= 11 is 0. The van der Waals surface area contributed by atoms with Gasteiger partial charge in [0.15, 0.2) is 0 Å². The van der Waals surface area contributed by atoms with Crippen LogP contribution in [0.1, 0.15) is 26.7 Å². The van der Waals surface area contributed by atoms with Crippen LogP contribution in [0.25, 0.3) is 0 Å². The minimum absolute atomic E-state index is 0.0299. The van der Waals surface area contributed by atoms with Gasteiger partial charge in [-0.25, -0.2) is 4.79 Å². The molecule has 0 aliphatic carbocycles. The molecule has 0 radical (unpaired) electrons. The van der Waals surface area contributed by atoms with Crippen molar-refractivity contribution < 1.29 is 19.1 Å². The Morgan fingerprint density at radius 1 is 1.29 bits per heavy atom. The molecule has 17 heavy (non-hydrogen) atoms. The Labute approximate surface area is 99.3 Å². The van der Waals surface area contributed by atoms with Gasteiger partial charge in [0.05, 0.1) is 6.10 Å². The first kappa shape index (κ1) is 12.0. The van der Waals surface area contributed by atoms with E-state index in [9.17, 15) is 14.4 Å². The van der Waals surface area contributed by atoms with Crippen LogP contribution in [-0.4, -0.2) is 41.5 Å². The zero-order valence-electron chi connectivity index (χ0n) is 9.93. The Morgan fingerprint density at radius 3 is 2.65 bits per heavy atom. The van der Waals surface area contributed by atoms with E-state index in [1.807, 2.05) is 6.92 Å². The van der Waals surface area contributed by atoms with E-state index in [0.29, 0.717) is 19.4 Å². The summed E-state index contributed by atoms with van der Waals surface area (Å²) in [5.74, 6) is -1.71. The Kier molecular flexibility index (Phi) is 3.15. The zero-order valence-corrected chi connectivity index (χ0v) is 9.93. The number of barbiturate groups is 1. The number of carbonyl (C=O) groups is 3. The van der Waals surface area contributed by atoms with Crippen LogP contribution in [0, 0.1) is 5.92 Å². The van der Waals surface area contributed by atoms with E-state index in [4.69, 9.17) is 4.74 Å². The molecule has 0 spiro atoms. The lowest BCUT2D eigenvalue weighted by Gasteiger charge is -2.38. The predicted octanol–water partition coefficient (Wildman–Crippen LogP) is 0.268. The lowest BCUT2D eigenvalue weighted by molar-refractivity contribution is -0.145. The van der Waals surface area contributed by atoms with Crippen molar-refractivity contribution in [2.75, 3.05) is 6.61 Å². The number of urea groups is 1. The summed E-state index contributed by atoms with van der Waals surface area (Å²) in [5, 5.41) is 2.21. The number of ether oxygens (including phenoxy) is 1. The number of carbonyl (C=O) groups excluding carboxylic acids is 3. The molecule has 2 heterocycles. The van der Waals surface area contributed by atoms with Crippen molar-refractivity contribution >= 4 is 17.8 Å². The first-order valence-corrected chi connectivity index (χ1v) is 5.80. The van der Waals surface area contributed by atoms with Crippen LogP contribution in [0.3, 0.4) is 0 Å². The van der Waals surface area contributed by atoms with Crippen molar-refractivity contribution in [3.05, 3.63) is 0 Å². The van der Waals surface area contributed by atoms with Gasteiger partial charge >= 0.3 is 6.03 Å². The van der Waals surface area contributed by atoms with Crippen molar-refractivity contribution in [3.8, 4) is 0 Å². The van der Waals surface area contributed by atoms with Crippen molar-refractivity contribution in [3.63, 3.8) is 0 Å². The molecule has 2 saturated heterocycles. The first-order valence-electron chi connectivity index (χ1n) is 5.80. The molecule has 0 bridgehead atoms. The van der Waals surface area contributed by atoms with Gasteiger partial charge in [0, 0.05) is 12.6 Å². The SMILES string of the molecule is CC1CC(N2C(=O)NC(=O)C(C)C2=O)CCO1. The molecule has 0 aromatic heterocycles. The molecule has 3 unspecified atom stereocenters. The molecule has 2 rings (SSSR count). The quantitative estimate of drug-likeness (QED) is 0.667. The van der Waals surface area contributed by atoms with Crippen LogP contribution >= 0.6 is 0 Å². The van der Waals surface area contributed by atoms with Gasteiger partial charge in [-0.3, -0.25) is 19.8 Å². The third-order valence-electron chi connectivity index (χ3n) is 3.27. The number of rotatable bonds is 1. The molecule has 2 fully saturated rings. The van der Waals surface area contributed by atoms with Gasteiger partial charge in [-0.1, -0.05) is 0 Å². The molecular weight excluding hydrogens is 224 g/mol. The molecule has 2 aliphatic heterocycles. The second kappa shape index (κ2) is 4.44. The molecule has 3 atom stereocenters.